The quantitative estimate of drug-likeness (QED) is 0.795. The molecule has 8 heteroatoms. The molecule has 2 fully saturated rings. The van der Waals surface area contributed by atoms with Crippen LogP contribution in [0.1, 0.15) is 16.8 Å². The van der Waals surface area contributed by atoms with Crippen LogP contribution in [0, 0.1) is 5.92 Å². The Kier molecular flexibility index (Phi) is 3.50. The summed E-state index contributed by atoms with van der Waals surface area (Å²) in [5.41, 5.74) is 0.479. The smallest absolute Gasteiger partial charge is 0.254 e. The zero-order chi connectivity index (χ0) is 16.9. The third-order valence-electron chi connectivity index (χ3n) is 5.29. The van der Waals surface area contributed by atoms with E-state index in [1.165, 1.54) is 0 Å². The van der Waals surface area contributed by atoms with Crippen molar-refractivity contribution in [2.24, 2.45) is 5.92 Å². The normalized spacial score (nSPS) is 25.7. The molecule has 3 aliphatic rings. The van der Waals surface area contributed by atoms with Crippen LogP contribution >= 0.6 is 0 Å². The number of sulfone groups is 1. The van der Waals surface area contributed by atoms with Gasteiger partial charge in [0.2, 0.25) is 6.79 Å². The number of nitrogens with zero attached hydrogens (tertiary/aromatic N) is 1. The number of hydrogen-bond donors (Lipinski definition) is 0. The summed E-state index contributed by atoms with van der Waals surface area (Å²) in [5, 5.41) is 0. The van der Waals surface area contributed by atoms with Gasteiger partial charge in [0.1, 0.15) is 4.75 Å². The lowest BCUT2D eigenvalue weighted by molar-refractivity contribution is 0.0336. The second kappa shape index (κ2) is 5.35. The number of carbonyl (C=O) groups is 1. The molecule has 1 aromatic carbocycles. The van der Waals surface area contributed by atoms with Crippen molar-refractivity contribution in [2.45, 2.75) is 11.2 Å². The van der Waals surface area contributed by atoms with Crippen molar-refractivity contribution < 1.29 is 27.4 Å². The van der Waals surface area contributed by atoms with Crippen molar-refractivity contribution in [1.29, 1.82) is 0 Å². The third kappa shape index (κ3) is 2.12. The van der Waals surface area contributed by atoms with Gasteiger partial charge in [-0.15, -0.1) is 0 Å². The molecule has 0 bridgehead atoms. The van der Waals surface area contributed by atoms with Gasteiger partial charge in [0.15, 0.2) is 21.3 Å². The molecule has 1 atom stereocenters. The molecular weight excluding hydrogens is 334 g/mol. The zero-order valence-electron chi connectivity index (χ0n) is 13.4. The van der Waals surface area contributed by atoms with Gasteiger partial charge in [-0.2, -0.15) is 0 Å². The largest absolute Gasteiger partial charge is 0.454 e. The Morgan fingerprint density at radius 1 is 1.33 bits per heavy atom. The van der Waals surface area contributed by atoms with Gasteiger partial charge in [-0.25, -0.2) is 8.42 Å². The van der Waals surface area contributed by atoms with E-state index in [4.69, 9.17) is 14.2 Å². The first-order valence-electron chi connectivity index (χ1n) is 7.87. The van der Waals surface area contributed by atoms with E-state index in [0.717, 1.165) is 0 Å². The second-order valence-electron chi connectivity index (χ2n) is 6.55. The van der Waals surface area contributed by atoms with E-state index in [0.29, 0.717) is 30.1 Å². The minimum absolute atomic E-state index is 0.0479. The first-order valence-corrected chi connectivity index (χ1v) is 9.52. The van der Waals surface area contributed by atoms with Crippen LogP contribution in [0.15, 0.2) is 18.2 Å². The van der Waals surface area contributed by atoms with Gasteiger partial charge in [0.25, 0.3) is 5.91 Å². The number of fused-ring (bicyclic) bond motifs is 1. The topological polar surface area (TPSA) is 82.1 Å². The highest BCUT2D eigenvalue weighted by atomic mass is 32.2. The SMILES string of the molecule is COCC1CCS(=O)(=O)C12CN(C(=O)c1ccc3c(c1)OCO3)C2. The lowest BCUT2D eigenvalue weighted by Gasteiger charge is -2.49. The number of benzene rings is 1. The second-order valence-corrected chi connectivity index (χ2v) is 9.00. The highest BCUT2D eigenvalue weighted by Crippen LogP contribution is 2.45. The maximum Gasteiger partial charge on any atom is 0.254 e. The van der Waals surface area contributed by atoms with Crippen LogP contribution in [0.4, 0.5) is 0 Å². The van der Waals surface area contributed by atoms with Crippen molar-refractivity contribution in [1.82, 2.24) is 4.90 Å². The Bertz CT molecular complexity index is 784. The highest BCUT2D eigenvalue weighted by Gasteiger charge is 2.62. The van der Waals surface area contributed by atoms with E-state index in [1.807, 2.05) is 0 Å². The lowest BCUT2D eigenvalue weighted by atomic mass is 9.83. The van der Waals surface area contributed by atoms with Crippen molar-refractivity contribution >= 4 is 15.7 Å². The molecule has 2 saturated heterocycles. The molecule has 0 N–H and O–H groups in total. The zero-order valence-corrected chi connectivity index (χ0v) is 14.2. The number of methoxy groups -OCH3 is 1. The van der Waals surface area contributed by atoms with Crippen LogP contribution in [0.3, 0.4) is 0 Å². The van der Waals surface area contributed by atoms with E-state index in [9.17, 15) is 13.2 Å². The van der Waals surface area contributed by atoms with E-state index in [-0.39, 0.29) is 37.5 Å². The Morgan fingerprint density at radius 3 is 2.83 bits per heavy atom. The summed E-state index contributed by atoms with van der Waals surface area (Å²) in [5.74, 6) is 1.10. The molecule has 1 spiro atoms. The number of rotatable bonds is 3. The molecule has 1 amide bonds. The van der Waals surface area contributed by atoms with Crippen molar-refractivity contribution in [3.8, 4) is 11.5 Å². The predicted molar refractivity (Wildman–Crippen MR) is 85.0 cm³/mol. The van der Waals surface area contributed by atoms with Gasteiger partial charge in [-0.05, 0) is 24.6 Å². The van der Waals surface area contributed by atoms with Crippen molar-refractivity contribution in [3.05, 3.63) is 23.8 Å². The fraction of sp³-hybridized carbons (Fsp3) is 0.562. The first kappa shape index (κ1) is 15.7. The lowest BCUT2D eigenvalue weighted by Crippen LogP contribution is -2.68. The Balaban J connectivity index is 1.53. The van der Waals surface area contributed by atoms with Crippen LogP contribution < -0.4 is 9.47 Å². The Labute approximate surface area is 140 Å². The highest BCUT2D eigenvalue weighted by molar-refractivity contribution is 7.93. The number of ether oxygens (including phenoxy) is 3. The molecule has 3 aliphatic heterocycles. The molecule has 130 valence electrons. The predicted octanol–water partition coefficient (Wildman–Crippen LogP) is 0.691. The van der Waals surface area contributed by atoms with E-state index >= 15 is 0 Å². The van der Waals surface area contributed by atoms with Crippen LogP contribution in [0.2, 0.25) is 0 Å². The van der Waals surface area contributed by atoms with Crippen LogP contribution in [-0.4, -0.2) is 63.3 Å². The maximum atomic E-state index is 12.6. The average Bonchev–Trinajstić information content (AvgIpc) is 3.07. The first-order chi connectivity index (χ1) is 11.5. The molecule has 0 aliphatic carbocycles. The van der Waals surface area contributed by atoms with Crippen LogP contribution in [-0.2, 0) is 14.6 Å². The maximum absolute atomic E-state index is 12.6. The minimum Gasteiger partial charge on any atom is -0.454 e. The molecule has 24 heavy (non-hydrogen) atoms. The summed E-state index contributed by atoms with van der Waals surface area (Å²) < 4.78 is 39.8. The summed E-state index contributed by atoms with van der Waals surface area (Å²) in [6.07, 6.45) is 0.599. The fourth-order valence-corrected chi connectivity index (χ4v) is 6.26. The summed E-state index contributed by atoms with van der Waals surface area (Å²) in [7, 11) is -1.62. The van der Waals surface area contributed by atoms with Gasteiger partial charge < -0.3 is 19.1 Å². The molecule has 7 nitrogen and oxygen atoms in total. The van der Waals surface area contributed by atoms with Gasteiger partial charge in [0, 0.05) is 31.7 Å². The van der Waals surface area contributed by atoms with Gasteiger partial charge >= 0.3 is 0 Å². The Hall–Kier alpha value is -1.80. The Morgan fingerprint density at radius 2 is 2.08 bits per heavy atom. The molecule has 4 rings (SSSR count). The van der Waals surface area contributed by atoms with E-state index < -0.39 is 14.6 Å². The third-order valence-corrected chi connectivity index (χ3v) is 7.89. The molecule has 3 heterocycles. The fourth-order valence-electron chi connectivity index (χ4n) is 3.86. The van der Waals surface area contributed by atoms with Gasteiger partial charge in [-0.3, -0.25) is 4.79 Å². The molecule has 1 aromatic rings. The monoisotopic (exact) mass is 353 g/mol. The molecule has 1 unspecified atom stereocenters. The molecule has 0 saturated carbocycles. The number of hydrogen-bond acceptors (Lipinski definition) is 6. The van der Waals surface area contributed by atoms with Gasteiger partial charge in [-0.1, -0.05) is 0 Å². The van der Waals surface area contributed by atoms with Gasteiger partial charge in [0.05, 0.1) is 12.4 Å². The summed E-state index contributed by atoms with van der Waals surface area (Å²) >= 11 is 0. The van der Waals surface area contributed by atoms with Crippen molar-refractivity contribution in [3.63, 3.8) is 0 Å². The minimum atomic E-state index is -3.20. The molecule has 0 aromatic heterocycles. The number of amides is 1. The van der Waals surface area contributed by atoms with Crippen molar-refractivity contribution in [2.75, 3.05) is 39.4 Å². The van der Waals surface area contributed by atoms with E-state index in [1.54, 1.807) is 30.2 Å². The summed E-state index contributed by atoms with van der Waals surface area (Å²) in [6, 6.07) is 5.02. The van der Waals surface area contributed by atoms with Crippen LogP contribution in [0.5, 0.6) is 11.5 Å². The van der Waals surface area contributed by atoms with E-state index in [2.05, 4.69) is 0 Å². The number of likely N-dealkylation sites (tertiary alicyclic amines) is 1. The average molecular weight is 353 g/mol. The molecular formula is C16H19NO6S. The summed E-state index contributed by atoms with van der Waals surface area (Å²) in [4.78, 5) is 14.2. The molecule has 0 radical (unpaired) electrons. The van der Waals surface area contributed by atoms with Crippen LogP contribution in [0.25, 0.3) is 0 Å². The summed E-state index contributed by atoms with van der Waals surface area (Å²) in [6.45, 7) is 1.02. The standard InChI is InChI=1S/C16H19NO6S/c1-21-7-12-4-5-24(19,20)16(12)8-17(9-16)15(18)11-2-3-13-14(6-11)23-10-22-13/h2-3,6,12H,4-5,7-10H2,1H3. The number of carbonyl (C=O) groups excluding carboxylic acids is 1.